The number of nitro benzene ring substituents is 1. The monoisotopic (exact) mass is 414 g/mol. The van der Waals surface area contributed by atoms with Crippen molar-refractivity contribution < 1.29 is 14.5 Å². The molecule has 0 atom stereocenters. The van der Waals surface area contributed by atoms with Crippen LogP contribution >= 0.6 is 15.9 Å². The minimum Gasteiger partial charge on any atom is -0.483 e. The fourth-order valence-corrected chi connectivity index (χ4v) is 3.16. The van der Waals surface area contributed by atoms with Crippen molar-refractivity contribution in [2.24, 2.45) is 0 Å². The van der Waals surface area contributed by atoms with Gasteiger partial charge < -0.3 is 10.1 Å². The number of nitro groups is 1. The highest BCUT2D eigenvalue weighted by molar-refractivity contribution is 9.10. The average molecular weight is 415 g/mol. The zero-order chi connectivity index (χ0) is 18.7. The number of benzene rings is 3. The Morgan fingerprint density at radius 1 is 1.19 bits per heavy atom. The summed E-state index contributed by atoms with van der Waals surface area (Å²) in [5.74, 6) is 0.0502. The number of aryl methyl sites for hydroxylation is 1. The number of carbonyl (C=O) groups is 1. The van der Waals surface area contributed by atoms with E-state index in [4.69, 9.17) is 4.74 Å². The van der Waals surface area contributed by atoms with Crippen molar-refractivity contribution in [3.05, 3.63) is 74.7 Å². The van der Waals surface area contributed by atoms with E-state index < -0.39 is 10.8 Å². The number of rotatable bonds is 5. The predicted molar refractivity (Wildman–Crippen MR) is 104 cm³/mol. The van der Waals surface area contributed by atoms with Gasteiger partial charge in [0.15, 0.2) is 6.61 Å². The Balaban J connectivity index is 1.72. The van der Waals surface area contributed by atoms with E-state index in [1.54, 1.807) is 19.1 Å². The third-order valence-electron chi connectivity index (χ3n) is 3.81. The largest absolute Gasteiger partial charge is 0.483 e. The Morgan fingerprint density at radius 3 is 2.73 bits per heavy atom. The molecule has 0 aliphatic carbocycles. The topological polar surface area (TPSA) is 81.5 Å². The lowest BCUT2D eigenvalue weighted by molar-refractivity contribution is -0.384. The van der Waals surface area contributed by atoms with Crippen LogP contribution < -0.4 is 10.1 Å². The Labute approximate surface area is 158 Å². The molecular weight excluding hydrogens is 400 g/mol. The lowest BCUT2D eigenvalue weighted by Crippen LogP contribution is -2.20. The maximum Gasteiger partial charge on any atom is 0.293 e. The molecule has 0 bridgehead atoms. The highest BCUT2D eigenvalue weighted by atomic mass is 79.9. The smallest absolute Gasteiger partial charge is 0.293 e. The second kappa shape index (κ2) is 7.53. The molecule has 26 heavy (non-hydrogen) atoms. The molecule has 0 aliphatic heterocycles. The number of carbonyl (C=O) groups excluding carboxylic acids is 1. The van der Waals surface area contributed by atoms with E-state index in [0.717, 1.165) is 20.8 Å². The number of nitrogens with zero attached hydrogens (tertiary/aromatic N) is 1. The summed E-state index contributed by atoms with van der Waals surface area (Å²) < 4.78 is 6.33. The summed E-state index contributed by atoms with van der Waals surface area (Å²) in [5, 5.41) is 15.7. The van der Waals surface area contributed by atoms with Gasteiger partial charge in [-0.1, -0.05) is 36.4 Å². The van der Waals surface area contributed by atoms with Crippen molar-refractivity contribution in [1.82, 2.24) is 0 Å². The van der Waals surface area contributed by atoms with Crippen molar-refractivity contribution in [2.45, 2.75) is 6.92 Å². The van der Waals surface area contributed by atoms with Crippen LogP contribution in [0.5, 0.6) is 5.75 Å². The van der Waals surface area contributed by atoms with Gasteiger partial charge in [0.1, 0.15) is 11.4 Å². The lowest BCUT2D eigenvalue weighted by Gasteiger charge is -2.11. The summed E-state index contributed by atoms with van der Waals surface area (Å²) >= 11 is 3.49. The lowest BCUT2D eigenvalue weighted by atomic mass is 10.1. The molecule has 1 amide bonds. The molecule has 0 fully saturated rings. The van der Waals surface area contributed by atoms with E-state index in [2.05, 4.69) is 21.2 Å². The van der Waals surface area contributed by atoms with Crippen LogP contribution in [-0.2, 0) is 4.79 Å². The van der Waals surface area contributed by atoms with Crippen LogP contribution in [0.1, 0.15) is 5.56 Å². The highest BCUT2D eigenvalue weighted by Crippen LogP contribution is 2.33. The highest BCUT2D eigenvalue weighted by Gasteiger charge is 2.16. The Bertz CT molecular complexity index is 1000. The predicted octanol–water partition coefficient (Wildman–Crippen LogP) is 4.84. The van der Waals surface area contributed by atoms with Gasteiger partial charge in [-0.05, 0) is 51.3 Å². The molecule has 0 unspecified atom stereocenters. The van der Waals surface area contributed by atoms with Crippen LogP contribution in [-0.4, -0.2) is 17.4 Å². The van der Waals surface area contributed by atoms with Gasteiger partial charge in [0.2, 0.25) is 0 Å². The van der Waals surface area contributed by atoms with E-state index >= 15 is 0 Å². The fraction of sp³-hybridized carbons (Fsp3) is 0.105. The van der Waals surface area contributed by atoms with Crippen molar-refractivity contribution >= 4 is 44.0 Å². The van der Waals surface area contributed by atoms with E-state index in [0.29, 0.717) is 5.75 Å². The number of anilines is 1. The molecule has 0 aromatic heterocycles. The molecule has 7 heteroatoms. The molecule has 1 N–H and O–H groups in total. The van der Waals surface area contributed by atoms with E-state index in [-0.39, 0.29) is 18.0 Å². The molecule has 0 saturated heterocycles. The van der Waals surface area contributed by atoms with Gasteiger partial charge in [0.25, 0.3) is 11.6 Å². The Hall–Kier alpha value is -2.93. The van der Waals surface area contributed by atoms with Gasteiger partial charge >= 0.3 is 0 Å². The number of halogens is 1. The number of nitrogens with one attached hydrogen (secondary N) is 1. The van der Waals surface area contributed by atoms with Crippen molar-refractivity contribution in [2.75, 3.05) is 11.9 Å². The number of amides is 1. The van der Waals surface area contributed by atoms with Gasteiger partial charge in [-0.3, -0.25) is 14.9 Å². The van der Waals surface area contributed by atoms with E-state index in [9.17, 15) is 14.9 Å². The van der Waals surface area contributed by atoms with E-state index in [1.165, 1.54) is 12.1 Å². The summed E-state index contributed by atoms with van der Waals surface area (Å²) in [5.41, 5.74) is 0.739. The van der Waals surface area contributed by atoms with Gasteiger partial charge in [0, 0.05) is 6.07 Å². The number of hydrogen-bond donors (Lipinski definition) is 1. The van der Waals surface area contributed by atoms with Crippen molar-refractivity contribution in [3.63, 3.8) is 0 Å². The van der Waals surface area contributed by atoms with Crippen LogP contribution in [0, 0.1) is 17.0 Å². The summed E-state index contributed by atoms with van der Waals surface area (Å²) in [6.45, 7) is 1.49. The molecule has 6 nitrogen and oxygen atoms in total. The van der Waals surface area contributed by atoms with Gasteiger partial charge in [0.05, 0.1) is 9.40 Å². The maximum atomic E-state index is 12.1. The Morgan fingerprint density at radius 2 is 1.96 bits per heavy atom. The molecule has 3 rings (SSSR count). The van der Waals surface area contributed by atoms with Gasteiger partial charge in [-0.15, -0.1) is 0 Å². The zero-order valence-electron chi connectivity index (χ0n) is 13.9. The molecule has 132 valence electrons. The average Bonchev–Trinajstić information content (AvgIpc) is 2.62. The minimum atomic E-state index is -0.524. The third-order valence-corrected chi connectivity index (χ3v) is 4.63. The third kappa shape index (κ3) is 3.83. The molecule has 0 radical (unpaired) electrons. The van der Waals surface area contributed by atoms with Gasteiger partial charge in [-0.25, -0.2) is 0 Å². The first-order valence-corrected chi connectivity index (χ1v) is 8.60. The van der Waals surface area contributed by atoms with Gasteiger partial charge in [-0.2, -0.15) is 0 Å². The van der Waals surface area contributed by atoms with Crippen LogP contribution in [0.4, 0.5) is 11.4 Å². The normalized spacial score (nSPS) is 10.5. The second-order valence-corrected chi connectivity index (χ2v) is 6.51. The quantitative estimate of drug-likeness (QED) is 0.478. The number of hydrogen-bond acceptors (Lipinski definition) is 4. The standard InChI is InChI=1S/C19H15BrN2O4/c1-12-6-8-15(16(10-12)22(24)25)21-18(23)11-26-17-9-7-13-4-2-3-5-14(13)19(17)20/h2-10H,11H2,1H3,(H,21,23). The molecule has 3 aromatic carbocycles. The minimum absolute atomic E-state index is 0.145. The molecule has 3 aromatic rings. The Kier molecular flexibility index (Phi) is 5.18. The van der Waals surface area contributed by atoms with Crippen LogP contribution in [0.3, 0.4) is 0 Å². The first-order valence-electron chi connectivity index (χ1n) is 7.80. The first kappa shape index (κ1) is 17.9. The fourth-order valence-electron chi connectivity index (χ4n) is 2.55. The number of ether oxygens (including phenoxy) is 1. The molecule has 0 aliphatic rings. The van der Waals surface area contributed by atoms with E-state index in [1.807, 2.05) is 30.3 Å². The second-order valence-electron chi connectivity index (χ2n) is 5.71. The van der Waals surface area contributed by atoms with Crippen molar-refractivity contribution in [1.29, 1.82) is 0 Å². The molecule has 0 saturated carbocycles. The zero-order valence-corrected chi connectivity index (χ0v) is 15.4. The first-order chi connectivity index (χ1) is 12.5. The molecule has 0 heterocycles. The molecular formula is C19H15BrN2O4. The number of fused-ring (bicyclic) bond motifs is 1. The van der Waals surface area contributed by atoms with Crippen LogP contribution in [0.25, 0.3) is 10.8 Å². The van der Waals surface area contributed by atoms with Crippen LogP contribution in [0.2, 0.25) is 0 Å². The summed E-state index contributed by atoms with van der Waals surface area (Å²) in [4.78, 5) is 22.7. The van der Waals surface area contributed by atoms with Crippen LogP contribution in [0.15, 0.2) is 59.1 Å². The SMILES string of the molecule is Cc1ccc(NC(=O)COc2ccc3ccccc3c2Br)c([N+](=O)[O-])c1. The summed E-state index contributed by atoms with van der Waals surface area (Å²) in [6.07, 6.45) is 0. The molecule has 0 spiro atoms. The summed E-state index contributed by atoms with van der Waals surface area (Å²) in [7, 11) is 0. The maximum absolute atomic E-state index is 12.1. The van der Waals surface area contributed by atoms with Crippen molar-refractivity contribution in [3.8, 4) is 5.75 Å². The summed E-state index contributed by atoms with van der Waals surface area (Å²) in [6, 6.07) is 16.1.